The molecular weight excluding hydrogens is 250 g/mol. The molecule has 1 aliphatic rings. The lowest BCUT2D eigenvalue weighted by molar-refractivity contribution is 0.0647. The summed E-state index contributed by atoms with van der Waals surface area (Å²) in [5, 5.41) is 4.77. The molecule has 0 aromatic carbocycles. The summed E-state index contributed by atoms with van der Waals surface area (Å²) < 4.78 is 7.64. The standard InChI is InChI=1S/C16H29N3O/c1-6-13-14(17)15(19(18-13)16(2,3)4)11-7-9-12(20-5)10-8-11/h11-12H,6-10,17H2,1-5H3. The Morgan fingerprint density at radius 3 is 2.30 bits per heavy atom. The van der Waals surface area contributed by atoms with Gasteiger partial charge in [-0.05, 0) is 52.9 Å². The molecule has 0 unspecified atom stereocenters. The van der Waals surface area contributed by atoms with Gasteiger partial charge in [-0.1, -0.05) is 6.92 Å². The van der Waals surface area contributed by atoms with Gasteiger partial charge in [0.25, 0.3) is 0 Å². The fourth-order valence-electron chi connectivity index (χ4n) is 3.23. The van der Waals surface area contributed by atoms with E-state index < -0.39 is 0 Å². The van der Waals surface area contributed by atoms with E-state index in [0.29, 0.717) is 12.0 Å². The number of nitrogens with zero attached hydrogens (tertiary/aromatic N) is 2. The van der Waals surface area contributed by atoms with E-state index in [0.717, 1.165) is 43.5 Å². The van der Waals surface area contributed by atoms with Crippen LogP contribution in [0.1, 0.15) is 70.7 Å². The lowest BCUT2D eigenvalue weighted by atomic mass is 9.84. The molecule has 1 aliphatic carbocycles. The van der Waals surface area contributed by atoms with Crippen LogP contribution < -0.4 is 5.73 Å². The summed E-state index contributed by atoms with van der Waals surface area (Å²) in [5.41, 5.74) is 9.59. The van der Waals surface area contributed by atoms with E-state index in [-0.39, 0.29) is 5.54 Å². The molecule has 0 radical (unpaired) electrons. The van der Waals surface area contributed by atoms with Crippen molar-refractivity contribution in [1.29, 1.82) is 0 Å². The lowest BCUT2D eigenvalue weighted by Gasteiger charge is -2.31. The highest BCUT2D eigenvalue weighted by molar-refractivity contribution is 5.50. The van der Waals surface area contributed by atoms with Crippen LogP contribution in [-0.2, 0) is 16.7 Å². The number of nitrogen functional groups attached to an aromatic ring is 1. The monoisotopic (exact) mass is 279 g/mol. The molecule has 2 rings (SSSR count). The van der Waals surface area contributed by atoms with Crippen LogP contribution in [-0.4, -0.2) is 23.0 Å². The van der Waals surface area contributed by atoms with Crippen molar-refractivity contribution in [2.75, 3.05) is 12.8 Å². The Bertz CT molecular complexity index is 451. The molecule has 1 aromatic heterocycles. The molecule has 4 heteroatoms. The lowest BCUT2D eigenvalue weighted by Crippen LogP contribution is -2.29. The molecule has 0 aliphatic heterocycles. The van der Waals surface area contributed by atoms with Gasteiger partial charge >= 0.3 is 0 Å². The quantitative estimate of drug-likeness (QED) is 0.922. The molecule has 2 N–H and O–H groups in total. The summed E-state index contributed by atoms with van der Waals surface area (Å²) in [6, 6.07) is 0. The van der Waals surface area contributed by atoms with Crippen molar-refractivity contribution in [3.8, 4) is 0 Å². The van der Waals surface area contributed by atoms with Crippen molar-refractivity contribution >= 4 is 5.69 Å². The zero-order valence-electron chi connectivity index (χ0n) is 13.6. The summed E-state index contributed by atoms with van der Waals surface area (Å²) in [6.45, 7) is 8.72. The van der Waals surface area contributed by atoms with Gasteiger partial charge in [0.1, 0.15) is 0 Å². The Balaban J connectivity index is 2.33. The van der Waals surface area contributed by atoms with E-state index in [9.17, 15) is 0 Å². The number of ether oxygens (including phenoxy) is 1. The minimum atomic E-state index is -0.0189. The highest BCUT2D eigenvalue weighted by Gasteiger charge is 2.31. The van der Waals surface area contributed by atoms with Crippen LogP contribution in [0.2, 0.25) is 0 Å². The minimum Gasteiger partial charge on any atom is -0.396 e. The maximum atomic E-state index is 6.39. The SMILES string of the molecule is CCc1nn(C(C)(C)C)c(C2CCC(OC)CC2)c1N. The molecule has 20 heavy (non-hydrogen) atoms. The van der Waals surface area contributed by atoms with Crippen LogP contribution in [0, 0.1) is 0 Å². The molecule has 0 spiro atoms. The molecule has 4 nitrogen and oxygen atoms in total. The summed E-state index contributed by atoms with van der Waals surface area (Å²) in [6.07, 6.45) is 5.86. The Morgan fingerprint density at radius 2 is 1.85 bits per heavy atom. The van der Waals surface area contributed by atoms with Crippen molar-refractivity contribution in [2.45, 2.75) is 77.4 Å². The number of hydrogen-bond acceptors (Lipinski definition) is 3. The average molecular weight is 279 g/mol. The molecular formula is C16H29N3O. The first-order valence-electron chi connectivity index (χ1n) is 7.79. The number of aryl methyl sites for hydroxylation is 1. The molecule has 0 bridgehead atoms. The van der Waals surface area contributed by atoms with Crippen molar-refractivity contribution in [1.82, 2.24) is 9.78 Å². The second-order valence-corrected chi connectivity index (χ2v) is 6.89. The highest BCUT2D eigenvalue weighted by Crippen LogP contribution is 2.39. The Hall–Kier alpha value is -1.03. The van der Waals surface area contributed by atoms with Crippen molar-refractivity contribution in [3.05, 3.63) is 11.4 Å². The van der Waals surface area contributed by atoms with E-state index in [1.54, 1.807) is 0 Å². The predicted octanol–water partition coefficient (Wildman–Crippen LogP) is 3.46. The maximum Gasteiger partial charge on any atom is 0.0854 e. The summed E-state index contributed by atoms with van der Waals surface area (Å²) in [5.74, 6) is 0.522. The van der Waals surface area contributed by atoms with Crippen LogP contribution in [0.15, 0.2) is 0 Å². The Kier molecular flexibility index (Phi) is 4.43. The third-order valence-corrected chi connectivity index (χ3v) is 4.40. The largest absolute Gasteiger partial charge is 0.396 e. The smallest absolute Gasteiger partial charge is 0.0854 e. The van der Waals surface area contributed by atoms with Gasteiger partial charge in [-0.15, -0.1) is 0 Å². The van der Waals surface area contributed by atoms with Crippen molar-refractivity contribution in [3.63, 3.8) is 0 Å². The van der Waals surface area contributed by atoms with Crippen LogP contribution in [0.3, 0.4) is 0 Å². The summed E-state index contributed by atoms with van der Waals surface area (Å²) in [4.78, 5) is 0. The van der Waals surface area contributed by atoms with E-state index in [1.807, 2.05) is 7.11 Å². The molecule has 0 atom stereocenters. The molecule has 0 amide bonds. The fraction of sp³-hybridized carbons (Fsp3) is 0.812. The normalized spacial score (nSPS) is 24.1. The molecule has 1 fully saturated rings. The summed E-state index contributed by atoms with van der Waals surface area (Å²) in [7, 11) is 1.81. The fourth-order valence-corrected chi connectivity index (χ4v) is 3.23. The van der Waals surface area contributed by atoms with E-state index in [2.05, 4.69) is 32.4 Å². The predicted molar refractivity (Wildman–Crippen MR) is 83.0 cm³/mol. The van der Waals surface area contributed by atoms with Gasteiger partial charge in [-0.25, -0.2) is 0 Å². The van der Waals surface area contributed by atoms with Gasteiger partial charge < -0.3 is 10.5 Å². The molecule has 0 saturated heterocycles. The molecule has 1 aromatic rings. The van der Waals surface area contributed by atoms with Crippen LogP contribution in [0.25, 0.3) is 0 Å². The van der Waals surface area contributed by atoms with Crippen molar-refractivity contribution < 1.29 is 4.74 Å². The van der Waals surface area contributed by atoms with Gasteiger partial charge in [-0.3, -0.25) is 4.68 Å². The minimum absolute atomic E-state index is 0.0189. The number of rotatable bonds is 3. The van der Waals surface area contributed by atoms with E-state index >= 15 is 0 Å². The highest BCUT2D eigenvalue weighted by atomic mass is 16.5. The number of hydrogen-bond donors (Lipinski definition) is 1. The topological polar surface area (TPSA) is 53.1 Å². The first-order valence-corrected chi connectivity index (χ1v) is 7.79. The molecule has 1 saturated carbocycles. The van der Waals surface area contributed by atoms with Crippen LogP contribution in [0.5, 0.6) is 0 Å². The number of anilines is 1. The Morgan fingerprint density at radius 1 is 1.25 bits per heavy atom. The van der Waals surface area contributed by atoms with E-state index in [1.165, 1.54) is 5.69 Å². The summed E-state index contributed by atoms with van der Waals surface area (Å²) >= 11 is 0. The van der Waals surface area contributed by atoms with Crippen LogP contribution >= 0.6 is 0 Å². The van der Waals surface area contributed by atoms with Gasteiger partial charge in [0, 0.05) is 13.0 Å². The van der Waals surface area contributed by atoms with Gasteiger partial charge in [0.2, 0.25) is 0 Å². The van der Waals surface area contributed by atoms with Gasteiger partial charge in [-0.2, -0.15) is 5.10 Å². The number of nitrogens with two attached hydrogens (primary N) is 1. The number of methoxy groups -OCH3 is 1. The van der Waals surface area contributed by atoms with Crippen LogP contribution in [0.4, 0.5) is 5.69 Å². The third-order valence-electron chi connectivity index (χ3n) is 4.40. The van der Waals surface area contributed by atoms with Gasteiger partial charge in [0.05, 0.1) is 28.7 Å². The Labute approximate surface area is 122 Å². The average Bonchev–Trinajstić information content (AvgIpc) is 2.76. The maximum absolute atomic E-state index is 6.39. The first kappa shape index (κ1) is 15.4. The zero-order valence-corrected chi connectivity index (χ0v) is 13.6. The second kappa shape index (κ2) is 5.76. The third kappa shape index (κ3) is 2.85. The molecule has 1 heterocycles. The van der Waals surface area contributed by atoms with Crippen molar-refractivity contribution in [2.24, 2.45) is 0 Å². The van der Waals surface area contributed by atoms with Gasteiger partial charge in [0.15, 0.2) is 0 Å². The van der Waals surface area contributed by atoms with E-state index in [4.69, 9.17) is 15.6 Å². The first-order chi connectivity index (χ1) is 9.38. The zero-order chi connectivity index (χ0) is 14.9. The molecule has 114 valence electrons. The number of aromatic nitrogens is 2. The second-order valence-electron chi connectivity index (χ2n) is 6.89.